The number of pyridine rings is 9. The lowest BCUT2D eigenvalue weighted by Gasteiger charge is -2.08. The van der Waals surface area contributed by atoms with Crippen LogP contribution in [0.3, 0.4) is 0 Å². The highest BCUT2D eigenvalue weighted by Gasteiger charge is 2.20. The van der Waals surface area contributed by atoms with Crippen LogP contribution in [0.2, 0.25) is 0 Å². The Bertz CT molecular complexity index is 7820. The van der Waals surface area contributed by atoms with Crippen molar-refractivity contribution in [3.63, 3.8) is 0 Å². The normalized spacial score (nSPS) is 11.1. The van der Waals surface area contributed by atoms with E-state index in [0.717, 1.165) is 167 Å². The van der Waals surface area contributed by atoms with Crippen molar-refractivity contribution in [1.29, 1.82) is 0 Å². The van der Waals surface area contributed by atoms with Gasteiger partial charge in [-0.05, 0) is 316 Å². The van der Waals surface area contributed by atoms with Crippen LogP contribution in [-0.4, -0.2) is 73.9 Å². The zero-order chi connectivity index (χ0) is 95.5. The first kappa shape index (κ1) is 93.1. The highest BCUT2D eigenvalue weighted by Crippen LogP contribution is 2.39. The van der Waals surface area contributed by atoms with Crippen molar-refractivity contribution in [2.45, 2.75) is 152 Å². The fourth-order valence-corrected chi connectivity index (χ4v) is 18.1. The highest BCUT2D eigenvalue weighted by atomic mass is 32.1. The van der Waals surface area contributed by atoms with Crippen molar-refractivity contribution in [2.24, 2.45) is 14.1 Å². The predicted molar refractivity (Wildman–Crippen MR) is 555 cm³/mol. The van der Waals surface area contributed by atoms with Crippen LogP contribution in [0.25, 0.3) is 164 Å². The zero-order valence-corrected chi connectivity index (χ0v) is 82.6. The van der Waals surface area contributed by atoms with E-state index in [1.54, 1.807) is 28.9 Å². The molecule has 0 spiro atoms. The topological polar surface area (TPSA) is 243 Å². The number of aryl methyl sites for hydroxylation is 24. The Hall–Kier alpha value is -15.1. The Morgan fingerprint density at radius 1 is 0.304 bits per heavy atom. The van der Waals surface area contributed by atoms with E-state index < -0.39 is 0 Å². The maximum Gasteiger partial charge on any atom is 0.227 e. The summed E-state index contributed by atoms with van der Waals surface area (Å²) in [6, 6.07) is 61.9. The number of benzene rings is 6. The molecule has 0 aliphatic rings. The van der Waals surface area contributed by atoms with Gasteiger partial charge in [-0.3, -0.25) is 39.9 Å². The Morgan fingerprint density at radius 2 is 0.807 bits per heavy atom. The van der Waals surface area contributed by atoms with Gasteiger partial charge in [0.05, 0.1) is 92.9 Å². The van der Waals surface area contributed by atoms with Gasteiger partial charge in [-0.1, -0.05) is 48.0 Å². The number of nitrogens with zero attached hydrogens (tertiary/aromatic N) is 15. The Kier molecular flexibility index (Phi) is 27.4. The summed E-state index contributed by atoms with van der Waals surface area (Å²) >= 11 is 3.54. The summed E-state index contributed by atoms with van der Waals surface area (Å²) in [6.45, 7) is 44.7. The lowest BCUT2D eigenvalue weighted by atomic mass is 10.1. The van der Waals surface area contributed by atoms with E-state index in [-0.39, 0.29) is 0 Å². The van der Waals surface area contributed by atoms with Crippen LogP contribution >= 0.6 is 22.7 Å². The second kappa shape index (κ2) is 39.7. The fraction of sp³-hybridized carbons (Fsp3) is 0.212. The molecule has 0 radical (unpaired) electrons. The number of fused-ring (bicyclic) bond motifs is 14. The van der Waals surface area contributed by atoms with Crippen molar-refractivity contribution in [3.05, 3.63) is 348 Å². The number of hydrogen-bond donors (Lipinski definition) is 0. The monoisotopic (exact) mass is 1820 g/mol. The molecule has 678 valence electrons. The van der Waals surface area contributed by atoms with E-state index in [9.17, 15) is 0 Å². The van der Waals surface area contributed by atoms with Crippen LogP contribution in [0, 0.1) is 152 Å². The average molecular weight is 1820 g/mol. The van der Waals surface area contributed by atoms with Crippen molar-refractivity contribution < 1.29 is 22.1 Å². The molecule has 0 atom stereocenters. The zero-order valence-electron chi connectivity index (χ0n) is 80.9. The molecule has 6 aromatic carbocycles. The third-order valence-electron chi connectivity index (χ3n) is 23.7. The number of rotatable bonds is 3. The summed E-state index contributed by atoms with van der Waals surface area (Å²) < 4.78 is 34.7. The minimum atomic E-state index is 0.672. The molecule has 0 aliphatic heterocycles. The van der Waals surface area contributed by atoms with E-state index in [1.165, 1.54) is 109 Å². The molecular formula is C113H109N15O5S2. The number of furan rings is 3. The first-order chi connectivity index (χ1) is 64.7. The molecule has 0 fully saturated rings. The van der Waals surface area contributed by atoms with Crippen molar-refractivity contribution in [2.75, 3.05) is 0 Å². The molecular weight excluding hydrogens is 1710 g/mol. The van der Waals surface area contributed by atoms with Crippen molar-refractivity contribution in [3.8, 4) is 34.2 Å². The van der Waals surface area contributed by atoms with Gasteiger partial charge in [-0.25, -0.2) is 24.9 Å². The standard InChI is InChI=1S/C16H16N2.C13H11NO.C12H12N2O2.C12H12N2S2.3C12H12N2.2C12H11NO/c1-9-7-13-5-6-14-8-10(2)12(4)18-16(14)15(13)17-11(9)3;1-8-3-4-12-10(5-8)11-6-9(2)7-14-13(11)15-12;2*1-5-9-12(16-7(3)13-9)6(2)10-11(5)15-8(4)14-10;1-9-3-5-13-11(7-9)12-8-10(2)4-6-14-12;1-9-3-5-11(13-7-9)12-6-4-10(2)8-14-12;1-9-5-3-7-11(13-9)12-8-4-6-10(2)14-12;1-8-5-10-6-9-3-4-14-12(9)7-11(10)13(8)2;1-8-5-10-6-9-3-4-13(2)11(9)7-12(10)14-8/h5-8H,1-4H3;3-7H,1-2H3;2*1-4H3;3*3-8H,1-2H3;2*3-7H,1-2H3. The summed E-state index contributed by atoms with van der Waals surface area (Å²) in [4.78, 5) is 57.8. The van der Waals surface area contributed by atoms with Crippen LogP contribution < -0.4 is 0 Å². The summed E-state index contributed by atoms with van der Waals surface area (Å²) in [5.74, 6) is 2.31. The quantitative estimate of drug-likeness (QED) is 0.149. The highest BCUT2D eigenvalue weighted by molar-refractivity contribution is 7.20. The molecule has 24 aromatic rings. The Labute approximate surface area is 792 Å². The van der Waals surface area contributed by atoms with Gasteiger partial charge < -0.3 is 31.2 Å². The smallest absolute Gasteiger partial charge is 0.227 e. The summed E-state index contributed by atoms with van der Waals surface area (Å²) in [5, 5.41) is 11.8. The van der Waals surface area contributed by atoms with Crippen molar-refractivity contribution >= 4 is 153 Å². The van der Waals surface area contributed by atoms with Crippen LogP contribution in [-0.2, 0) is 14.1 Å². The molecule has 18 heterocycles. The molecule has 0 unspecified atom stereocenters. The molecule has 22 heteroatoms. The minimum absolute atomic E-state index is 0.672. The Morgan fingerprint density at radius 3 is 1.33 bits per heavy atom. The van der Waals surface area contributed by atoms with Crippen LogP contribution in [0.1, 0.15) is 123 Å². The largest absolute Gasteiger partial charge is 0.464 e. The van der Waals surface area contributed by atoms with E-state index in [1.807, 2.05) is 204 Å². The first-order valence-electron chi connectivity index (χ1n) is 44.9. The molecule has 18 aromatic heterocycles. The van der Waals surface area contributed by atoms with E-state index in [4.69, 9.17) is 32.1 Å². The van der Waals surface area contributed by atoms with Crippen LogP contribution in [0.15, 0.2) is 248 Å². The molecule has 0 amide bonds. The van der Waals surface area contributed by atoms with Gasteiger partial charge in [0, 0.05) is 160 Å². The predicted octanol–water partition coefficient (Wildman–Crippen LogP) is 29.7. The maximum atomic E-state index is 5.65. The van der Waals surface area contributed by atoms with Crippen molar-refractivity contribution in [1.82, 2.24) is 73.9 Å². The van der Waals surface area contributed by atoms with Crippen LogP contribution in [0.5, 0.6) is 0 Å². The maximum absolute atomic E-state index is 5.65. The summed E-state index contributed by atoms with van der Waals surface area (Å²) in [5.41, 5.74) is 39.0. The molecule has 135 heavy (non-hydrogen) atoms. The van der Waals surface area contributed by atoms with Gasteiger partial charge >= 0.3 is 0 Å². The molecule has 0 saturated carbocycles. The number of thiazole rings is 2. The fourth-order valence-electron chi connectivity index (χ4n) is 16.2. The molecule has 20 nitrogen and oxygen atoms in total. The Balaban J connectivity index is 0.000000110. The number of hydrogen-bond acceptors (Lipinski definition) is 20. The first-order valence-corrected chi connectivity index (χ1v) is 46.5. The summed E-state index contributed by atoms with van der Waals surface area (Å²) in [6.07, 6.45) is 13.0. The number of aromatic nitrogens is 15. The molecule has 0 saturated heterocycles. The molecule has 0 N–H and O–H groups in total. The second-order valence-electron chi connectivity index (χ2n) is 34.8. The minimum Gasteiger partial charge on any atom is -0.464 e. The number of oxazole rings is 2. The molecule has 0 aliphatic carbocycles. The third kappa shape index (κ3) is 20.9. The molecule has 24 rings (SSSR count). The lowest BCUT2D eigenvalue weighted by molar-refractivity contribution is 0.558. The van der Waals surface area contributed by atoms with Gasteiger partial charge in [0.2, 0.25) is 5.71 Å². The van der Waals surface area contributed by atoms with Gasteiger partial charge in [-0.15, -0.1) is 22.7 Å². The van der Waals surface area contributed by atoms with Crippen LogP contribution in [0.4, 0.5) is 0 Å². The van der Waals surface area contributed by atoms with E-state index >= 15 is 0 Å². The van der Waals surface area contributed by atoms with Gasteiger partial charge in [-0.2, -0.15) is 0 Å². The van der Waals surface area contributed by atoms with Gasteiger partial charge in [0.15, 0.2) is 22.9 Å². The second-order valence-corrected chi connectivity index (χ2v) is 37.2. The van der Waals surface area contributed by atoms with Gasteiger partial charge in [0.25, 0.3) is 0 Å². The van der Waals surface area contributed by atoms with Gasteiger partial charge in [0.1, 0.15) is 33.5 Å². The average Bonchev–Trinajstić information content (AvgIpc) is 1.64. The summed E-state index contributed by atoms with van der Waals surface area (Å²) in [7, 11) is 4.12. The van der Waals surface area contributed by atoms with E-state index in [2.05, 4.69) is 245 Å². The van der Waals surface area contributed by atoms with E-state index in [0.29, 0.717) is 11.8 Å². The lowest BCUT2D eigenvalue weighted by Crippen LogP contribution is -1.93. The SMILES string of the molecule is Cc1cc2cc3ccn(C)c3cc2o1.Cc1cc2cc3ccoc3cc2n1C.Cc1cc2ccc3cc(C)c(C)nc3c2nc1C.Cc1ccc(-c2ccc(C)cn2)nc1.Cc1ccc2oc3ncc(C)cc3c2c1.Cc1cccc(-c2cccc(C)n2)n1.Cc1ccnc(-c2cc(C)ccn2)c1.Cc1nc2c(C)c3oc(C)nc3c(C)c2o1.Cc1nc2c(C)c3sc(C)nc3c(C)c2s1. The molecule has 0 bridgehead atoms. The third-order valence-corrected chi connectivity index (χ3v) is 25.9.